The van der Waals surface area contributed by atoms with Crippen LogP contribution in [0, 0.1) is 5.82 Å². The maximum Gasteiger partial charge on any atom is 0.253 e. The molecular weight excluding hydrogens is 413 g/mol. The van der Waals surface area contributed by atoms with Gasteiger partial charge in [-0.1, -0.05) is 12.1 Å². The Labute approximate surface area is 182 Å². The Balaban J connectivity index is 1.32. The van der Waals surface area contributed by atoms with Crippen LogP contribution in [0.2, 0.25) is 0 Å². The number of aromatic nitrogens is 4. The normalized spacial score (nSPS) is 14.8. The van der Waals surface area contributed by atoms with Crippen molar-refractivity contribution in [1.82, 2.24) is 25.5 Å². The molecule has 0 aliphatic carbocycles. The predicted octanol–water partition coefficient (Wildman–Crippen LogP) is 2.97. The van der Waals surface area contributed by atoms with Gasteiger partial charge in [-0.3, -0.25) is 4.79 Å². The number of tetrazole rings is 1. The average molecular weight is 433 g/mol. The van der Waals surface area contributed by atoms with E-state index in [1.165, 1.54) is 24.3 Å². The fourth-order valence-electron chi connectivity index (χ4n) is 3.94. The number of carbonyl (C=O) groups excluding carboxylic acids is 1. The molecule has 5 rings (SSSR count). The number of carbonyl (C=O) groups is 1. The summed E-state index contributed by atoms with van der Waals surface area (Å²) < 4.78 is 24.6. The highest BCUT2D eigenvalue weighted by molar-refractivity contribution is 5.95. The fraction of sp³-hybridized carbons (Fsp3) is 0.217. The van der Waals surface area contributed by atoms with E-state index in [0.717, 1.165) is 16.5 Å². The molecule has 0 spiro atoms. The summed E-state index contributed by atoms with van der Waals surface area (Å²) in [5.74, 6) is 1.51. The Kier molecular flexibility index (Phi) is 4.93. The maximum atomic E-state index is 13.2. The van der Waals surface area contributed by atoms with Crippen LogP contribution in [0.25, 0.3) is 10.8 Å². The van der Waals surface area contributed by atoms with E-state index in [9.17, 15) is 9.18 Å². The van der Waals surface area contributed by atoms with Crippen LogP contribution < -0.4 is 9.47 Å². The van der Waals surface area contributed by atoms with E-state index in [-0.39, 0.29) is 11.7 Å². The van der Waals surface area contributed by atoms with Gasteiger partial charge in [0.15, 0.2) is 5.82 Å². The zero-order chi connectivity index (χ0) is 22.1. The van der Waals surface area contributed by atoms with Crippen LogP contribution in [-0.2, 0) is 5.41 Å². The van der Waals surface area contributed by atoms with Crippen molar-refractivity contribution >= 4 is 16.7 Å². The summed E-state index contributed by atoms with van der Waals surface area (Å²) in [4.78, 5) is 14.4. The minimum atomic E-state index is -0.561. The Bertz CT molecular complexity index is 1250. The Morgan fingerprint density at radius 3 is 2.41 bits per heavy atom. The van der Waals surface area contributed by atoms with E-state index in [4.69, 9.17) is 9.47 Å². The van der Waals surface area contributed by atoms with Crippen LogP contribution in [0.5, 0.6) is 11.5 Å². The van der Waals surface area contributed by atoms with E-state index in [2.05, 4.69) is 20.6 Å². The van der Waals surface area contributed by atoms with Gasteiger partial charge in [-0.05, 0) is 69.7 Å². The number of nitrogens with one attached hydrogen (secondary N) is 1. The van der Waals surface area contributed by atoms with Crippen molar-refractivity contribution in [2.75, 3.05) is 26.8 Å². The zero-order valence-electron chi connectivity index (χ0n) is 17.3. The van der Waals surface area contributed by atoms with E-state index >= 15 is 0 Å². The number of likely N-dealkylation sites (tertiary alicyclic amines) is 1. The molecule has 0 atom stereocenters. The molecule has 1 amide bonds. The van der Waals surface area contributed by atoms with Gasteiger partial charge in [-0.15, -0.1) is 5.10 Å². The van der Waals surface area contributed by atoms with Crippen LogP contribution in [0.1, 0.15) is 16.2 Å². The third-order valence-electron chi connectivity index (χ3n) is 5.75. The lowest BCUT2D eigenvalue weighted by molar-refractivity contribution is 0.0191. The average Bonchev–Trinajstić information content (AvgIpc) is 3.33. The Morgan fingerprint density at radius 2 is 1.75 bits per heavy atom. The van der Waals surface area contributed by atoms with Crippen molar-refractivity contribution < 1.29 is 18.7 Å². The maximum absolute atomic E-state index is 13.2. The first-order valence-electron chi connectivity index (χ1n) is 10.1. The number of H-pyrrole nitrogens is 1. The van der Waals surface area contributed by atoms with Crippen LogP contribution in [0.15, 0.2) is 60.7 Å². The molecule has 0 bridgehead atoms. The molecule has 1 fully saturated rings. The van der Waals surface area contributed by atoms with Crippen LogP contribution in [0.3, 0.4) is 0 Å². The molecule has 0 radical (unpaired) electrons. The van der Waals surface area contributed by atoms with Crippen molar-refractivity contribution in [1.29, 1.82) is 0 Å². The topological polar surface area (TPSA) is 93.2 Å². The van der Waals surface area contributed by atoms with Gasteiger partial charge in [-0.25, -0.2) is 9.49 Å². The fourth-order valence-corrected chi connectivity index (χ4v) is 3.94. The molecule has 8 nitrogen and oxygen atoms in total. The van der Waals surface area contributed by atoms with Gasteiger partial charge in [0.1, 0.15) is 29.3 Å². The second kappa shape index (κ2) is 7.92. The van der Waals surface area contributed by atoms with E-state index in [1.54, 1.807) is 12.0 Å². The number of hydrogen-bond donors (Lipinski definition) is 1. The number of hydrogen-bond acceptors (Lipinski definition) is 6. The van der Waals surface area contributed by atoms with Gasteiger partial charge >= 0.3 is 0 Å². The van der Waals surface area contributed by atoms with E-state index in [1.807, 2.05) is 36.4 Å². The van der Waals surface area contributed by atoms with E-state index in [0.29, 0.717) is 36.8 Å². The molecular formula is C23H20FN5O3. The highest BCUT2D eigenvalue weighted by atomic mass is 19.1. The highest BCUT2D eigenvalue weighted by Crippen LogP contribution is 2.34. The number of ether oxygens (including phenoxy) is 2. The van der Waals surface area contributed by atoms with Crippen molar-refractivity contribution in [2.45, 2.75) is 5.41 Å². The van der Waals surface area contributed by atoms with Gasteiger partial charge in [0.05, 0.1) is 7.11 Å². The summed E-state index contributed by atoms with van der Waals surface area (Å²) in [5, 5.41) is 16.3. The number of halogens is 1. The number of fused-ring (bicyclic) bond motifs is 1. The summed E-state index contributed by atoms with van der Waals surface area (Å²) in [5.41, 5.74) is -0.129. The minimum absolute atomic E-state index is 0.173. The second-order valence-electron chi connectivity index (χ2n) is 7.86. The standard InChI is InChI=1S/C23H20FN5O3/c1-31-19-8-4-17-11-20(9-5-16(17)10-19)32-14-23(22-25-27-28-26-22)12-29(13-23)21(30)15-2-6-18(24)7-3-15/h2-11H,12-14H2,1H3,(H,25,26,27,28). The van der Waals surface area contributed by atoms with Crippen molar-refractivity contribution in [2.24, 2.45) is 0 Å². The largest absolute Gasteiger partial charge is 0.497 e. The molecule has 32 heavy (non-hydrogen) atoms. The first kappa shape index (κ1) is 19.9. The first-order valence-corrected chi connectivity index (χ1v) is 10.1. The number of methoxy groups -OCH3 is 1. The third-order valence-corrected chi connectivity index (χ3v) is 5.75. The third kappa shape index (κ3) is 3.62. The summed E-state index contributed by atoms with van der Waals surface area (Å²) >= 11 is 0. The van der Waals surface area contributed by atoms with Crippen LogP contribution in [0.4, 0.5) is 4.39 Å². The Hall–Kier alpha value is -4.01. The Morgan fingerprint density at radius 1 is 1.06 bits per heavy atom. The van der Waals surface area contributed by atoms with E-state index < -0.39 is 5.41 Å². The number of aromatic amines is 1. The molecule has 9 heteroatoms. The molecule has 1 aliphatic heterocycles. The minimum Gasteiger partial charge on any atom is -0.497 e. The van der Waals surface area contributed by atoms with Gasteiger partial charge in [-0.2, -0.15) is 0 Å². The van der Waals surface area contributed by atoms with Gasteiger partial charge in [0, 0.05) is 18.7 Å². The van der Waals surface area contributed by atoms with Crippen LogP contribution in [-0.4, -0.2) is 58.2 Å². The summed E-state index contributed by atoms with van der Waals surface area (Å²) in [6, 6.07) is 17.2. The summed E-state index contributed by atoms with van der Waals surface area (Å²) in [6.45, 7) is 1.05. The molecule has 0 unspecified atom stereocenters. The highest BCUT2D eigenvalue weighted by Gasteiger charge is 2.50. The lowest BCUT2D eigenvalue weighted by Gasteiger charge is -2.47. The van der Waals surface area contributed by atoms with Crippen molar-refractivity contribution in [3.63, 3.8) is 0 Å². The lowest BCUT2D eigenvalue weighted by atomic mass is 9.79. The summed E-state index contributed by atoms with van der Waals surface area (Å²) in [6.07, 6.45) is 0. The number of rotatable bonds is 6. The molecule has 1 aromatic heterocycles. The number of benzene rings is 3. The first-order chi connectivity index (χ1) is 15.6. The molecule has 162 valence electrons. The quantitative estimate of drug-likeness (QED) is 0.503. The van der Waals surface area contributed by atoms with Gasteiger partial charge < -0.3 is 14.4 Å². The molecule has 1 N–H and O–H groups in total. The smallest absolute Gasteiger partial charge is 0.253 e. The molecule has 1 saturated heterocycles. The van der Waals surface area contributed by atoms with Crippen molar-refractivity contribution in [3.05, 3.63) is 77.9 Å². The number of nitrogens with zero attached hydrogens (tertiary/aromatic N) is 4. The second-order valence-corrected chi connectivity index (χ2v) is 7.86. The zero-order valence-corrected chi connectivity index (χ0v) is 17.3. The molecule has 3 aromatic carbocycles. The molecule has 2 heterocycles. The molecule has 0 saturated carbocycles. The summed E-state index contributed by atoms with van der Waals surface area (Å²) in [7, 11) is 1.64. The van der Waals surface area contributed by atoms with Gasteiger partial charge in [0.2, 0.25) is 0 Å². The molecule has 1 aliphatic rings. The predicted molar refractivity (Wildman–Crippen MR) is 114 cm³/mol. The monoisotopic (exact) mass is 433 g/mol. The number of amides is 1. The SMILES string of the molecule is COc1ccc2cc(OCC3(c4nnn[nH]4)CN(C(=O)c4ccc(F)cc4)C3)ccc2c1. The lowest BCUT2D eigenvalue weighted by Crippen LogP contribution is -2.64. The molecule has 4 aromatic rings. The van der Waals surface area contributed by atoms with Crippen molar-refractivity contribution in [3.8, 4) is 11.5 Å². The van der Waals surface area contributed by atoms with Crippen LogP contribution >= 0.6 is 0 Å². The van der Waals surface area contributed by atoms with Gasteiger partial charge in [0.25, 0.3) is 5.91 Å².